The Labute approximate surface area is 90.0 Å². The minimum Gasteiger partial charge on any atom is -0.343 e. The maximum Gasteiger partial charge on any atom is 0.221 e. The van der Waals surface area contributed by atoms with Crippen molar-refractivity contribution in [2.45, 2.75) is 44.2 Å². The Morgan fingerprint density at radius 2 is 2.07 bits per heavy atom. The fourth-order valence-electron chi connectivity index (χ4n) is 2.81. The predicted molar refractivity (Wildman–Crippen MR) is 55.9 cm³/mol. The lowest BCUT2D eigenvalue weighted by atomic mass is 9.89. The summed E-state index contributed by atoms with van der Waals surface area (Å²) in [7, 11) is 0. The number of nitrogens with one attached hydrogen (secondary N) is 2. The van der Waals surface area contributed by atoms with Crippen molar-refractivity contribution in [1.29, 1.82) is 5.26 Å². The van der Waals surface area contributed by atoms with Crippen molar-refractivity contribution in [3.8, 4) is 6.07 Å². The highest BCUT2D eigenvalue weighted by molar-refractivity contribution is 5.76. The second kappa shape index (κ2) is 4.63. The van der Waals surface area contributed by atoms with E-state index in [9.17, 15) is 4.79 Å². The molecule has 2 rings (SSSR count). The van der Waals surface area contributed by atoms with E-state index in [0.29, 0.717) is 24.4 Å². The standard InChI is InChI=1S/C11H17N3O/c12-3-4-13-11(15)7-8-5-9-1-2-10(6-8)14-9/h8-10,14H,1-2,4-7H2,(H,13,15). The molecule has 4 nitrogen and oxygen atoms in total. The van der Waals surface area contributed by atoms with Crippen molar-refractivity contribution in [3.05, 3.63) is 0 Å². The summed E-state index contributed by atoms with van der Waals surface area (Å²) in [5.74, 6) is 0.547. The van der Waals surface area contributed by atoms with E-state index in [1.54, 1.807) is 0 Å². The zero-order valence-electron chi connectivity index (χ0n) is 8.83. The van der Waals surface area contributed by atoms with Crippen LogP contribution in [-0.2, 0) is 4.79 Å². The summed E-state index contributed by atoms with van der Waals surface area (Å²) in [6.45, 7) is 0.136. The zero-order valence-corrected chi connectivity index (χ0v) is 8.83. The van der Waals surface area contributed by atoms with Crippen molar-refractivity contribution >= 4 is 5.91 Å². The van der Waals surface area contributed by atoms with Gasteiger partial charge < -0.3 is 10.6 Å². The molecule has 1 amide bonds. The van der Waals surface area contributed by atoms with Gasteiger partial charge in [-0.1, -0.05) is 0 Å². The quantitative estimate of drug-likeness (QED) is 0.664. The number of carbonyl (C=O) groups excluding carboxylic acids is 1. The summed E-state index contributed by atoms with van der Waals surface area (Å²) in [5, 5.41) is 14.5. The summed E-state index contributed by atoms with van der Waals surface area (Å²) in [6.07, 6.45) is 5.37. The Kier molecular flexibility index (Phi) is 3.22. The lowest BCUT2D eigenvalue weighted by molar-refractivity contribution is -0.122. The van der Waals surface area contributed by atoms with E-state index in [1.165, 1.54) is 12.8 Å². The van der Waals surface area contributed by atoms with E-state index in [-0.39, 0.29) is 12.5 Å². The number of amides is 1. The molecule has 2 bridgehead atoms. The van der Waals surface area contributed by atoms with Gasteiger partial charge in [0.2, 0.25) is 5.91 Å². The molecule has 4 heteroatoms. The molecule has 2 N–H and O–H groups in total. The van der Waals surface area contributed by atoms with Gasteiger partial charge >= 0.3 is 0 Å². The molecule has 0 spiro atoms. The first-order valence-electron chi connectivity index (χ1n) is 5.67. The molecule has 2 heterocycles. The molecule has 0 radical (unpaired) electrons. The number of piperidine rings is 1. The molecular weight excluding hydrogens is 190 g/mol. The Hall–Kier alpha value is -1.08. The number of hydrogen-bond acceptors (Lipinski definition) is 3. The molecule has 0 aromatic carbocycles. The normalized spacial score (nSPS) is 33.4. The SMILES string of the molecule is N#CCNC(=O)CC1CC2CCC(C1)N2. The van der Waals surface area contributed by atoms with Crippen LogP contribution in [0.4, 0.5) is 0 Å². The van der Waals surface area contributed by atoms with Crippen LogP contribution < -0.4 is 10.6 Å². The van der Waals surface area contributed by atoms with Crippen molar-refractivity contribution in [2.75, 3.05) is 6.54 Å². The third-order valence-electron chi connectivity index (χ3n) is 3.41. The van der Waals surface area contributed by atoms with E-state index in [2.05, 4.69) is 10.6 Å². The topological polar surface area (TPSA) is 64.9 Å². The van der Waals surface area contributed by atoms with Crippen molar-refractivity contribution in [3.63, 3.8) is 0 Å². The lowest BCUT2D eigenvalue weighted by Crippen LogP contribution is -2.39. The van der Waals surface area contributed by atoms with Gasteiger partial charge in [-0.05, 0) is 31.6 Å². The summed E-state index contributed by atoms with van der Waals surface area (Å²) in [5.41, 5.74) is 0. The van der Waals surface area contributed by atoms with Crippen molar-refractivity contribution in [2.24, 2.45) is 5.92 Å². The van der Waals surface area contributed by atoms with Crippen molar-refractivity contribution < 1.29 is 4.79 Å². The molecule has 2 saturated heterocycles. The molecule has 2 aliphatic heterocycles. The first-order valence-corrected chi connectivity index (χ1v) is 5.67. The van der Waals surface area contributed by atoms with Gasteiger partial charge in [-0.15, -0.1) is 0 Å². The highest BCUT2D eigenvalue weighted by Gasteiger charge is 2.33. The van der Waals surface area contributed by atoms with E-state index in [0.717, 1.165) is 12.8 Å². The smallest absolute Gasteiger partial charge is 0.221 e. The molecule has 2 fully saturated rings. The van der Waals surface area contributed by atoms with E-state index < -0.39 is 0 Å². The van der Waals surface area contributed by atoms with Gasteiger partial charge in [0.15, 0.2) is 0 Å². The van der Waals surface area contributed by atoms with E-state index >= 15 is 0 Å². The number of nitrogens with zero attached hydrogens (tertiary/aromatic N) is 1. The summed E-state index contributed by atoms with van der Waals surface area (Å²) < 4.78 is 0. The Bertz CT molecular complexity index is 272. The van der Waals surface area contributed by atoms with Crippen LogP contribution >= 0.6 is 0 Å². The van der Waals surface area contributed by atoms with Crippen LogP contribution in [0, 0.1) is 17.2 Å². The molecule has 2 aliphatic rings. The molecule has 15 heavy (non-hydrogen) atoms. The van der Waals surface area contributed by atoms with Crippen LogP contribution in [0.5, 0.6) is 0 Å². The van der Waals surface area contributed by atoms with Crippen LogP contribution in [-0.4, -0.2) is 24.5 Å². The fourth-order valence-corrected chi connectivity index (χ4v) is 2.81. The molecule has 0 saturated carbocycles. The van der Waals surface area contributed by atoms with Crippen LogP contribution in [0.25, 0.3) is 0 Å². The maximum atomic E-state index is 11.4. The number of fused-ring (bicyclic) bond motifs is 2. The Morgan fingerprint density at radius 3 is 2.67 bits per heavy atom. The van der Waals surface area contributed by atoms with Gasteiger partial charge in [0, 0.05) is 18.5 Å². The third-order valence-corrected chi connectivity index (χ3v) is 3.41. The number of hydrogen-bond donors (Lipinski definition) is 2. The highest BCUT2D eigenvalue weighted by atomic mass is 16.1. The summed E-state index contributed by atoms with van der Waals surface area (Å²) in [4.78, 5) is 11.4. The number of rotatable bonds is 3. The molecule has 0 aromatic heterocycles. The minimum atomic E-state index is 0.0304. The number of nitriles is 1. The largest absolute Gasteiger partial charge is 0.343 e. The van der Waals surface area contributed by atoms with Gasteiger partial charge in [0.05, 0.1) is 6.07 Å². The first-order chi connectivity index (χ1) is 7.28. The molecular formula is C11H17N3O. The highest BCUT2D eigenvalue weighted by Crippen LogP contribution is 2.32. The van der Waals surface area contributed by atoms with Gasteiger partial charge in [-0.3, -0.25) is 4.79 Å². The zero-order chi connectivity index (χ0) is 10.7. The van der Waals surface area contributed by atoms with E-state index in [1.807, 2.05) is 6.07 Å². The number of carbonyl (C=O) groups is 1. The first kappa shape index (κ1) is 10.4. The van der Waals surface area contributed by atoms with Gasteiger partial charge in [-0.2, -0.15) is 5.26 Å². The Morgan fingerprint density at radius 1 is 1.40 bits per heavy atom. The van der Waals surface area contributed by atoms with Crippen molar-refractivity contribution in [1.82, 2.24) is 10.6 Å². The third kappa shape index (κ3) is 2.69. The predicted octanol–water partition coefficient (Wildman–Crippen LogP) is 0.547. The van der Waals surface area contributed by atoms with Crippen LogP contribution in [0.2, 0.25) is 0 Å². The Balaban J connectivity index is 1.76. The molecule has 2 unspecified atom stereocenters. The second-order valence-electron chi connectivity index (χ2n) is 4.61. The van der Waals surface area contributed by atoms with E-state index in [4.69, 9.17) is 5.26 Å². The summed E-state index contributed by atoms with van der Waals surface area (Å²) >= 11 is 0. The average molecular weight is 207 g/mol. The fraction of sp³-hybridized carbons (Fsp3) is 0.818. The van der Waals surface area contributed by atoms with Crippen LogP contribution in [0.1, 0.15) is 32.1 Å². The summed E-state index contributed by atoms with van der Waals surface area (Å²) in [6, 6.07) is 3.19. The second-order valence-corrected chi connectivity index (χ2v) is 4.61. The average Bonchev–Trinajstić information content (AvgIpc) is 2.55. The molecule has 0 aliphatic carbocycles. The van der Waals surface area contributed by atoms with Gasteiger partial charge in [0.1, 0.15) is 6.54 Å². The van der Waals surface area contributed by atoms with Crippen LogP contribution in [0.3, 0.4) is 0 Å². The monoisotopic (exact) mass is 207 g/mol. The lowest BCUT2D eigenvalue weighted by Gasteiger charge is -2.28. The molecule has 2 atom stereocenters. The van der Waals surface area contributed by atoms with Crippen LogP contribution in [0.15, 0.2) is 0 Å². The van der Waals surface area contributed by atoms with Gasteiger partial charge in [-0.25, -0.2) is 0 Å². The van der Waals surface area contributed by atoms with Gasteiger partial charge in [0.25, 0.3) is 0 Å². The molecule has 82 valence electrons. The minimum absolute atomic E-state index is 0.0304. The maximum absolute atomic E-state index is 11.4. The molecule has 0 aromatic rings.